The largest absolute Gasteiger partial charge is 0.496 e. The third-order valence-corrected chi connectivity index (χ3v) is 4.86. The van der Waals surface area contributed by atoms with E-state index in [1.54, 1.807) is 29.3 Å². The van der Waals surface area contributed by atoms with Gasteiger partial charge in [-0.3, -0.25) is 9.36 Å². The van der Waals surface area contributed by atoms with Gasteiger partial charge in [-0.25, -0.2) is 4.52 Å². The molecular formula is C19H22ClN3O2. The Morgan fingerprint density at radius 1 is 1.20 bits per heavy atom. The second-order valence-electron chi connectivity index (χ2n) is 6.65. The molecule has 0 saturated carbocycles. The highest BCUT2D eigenvalue weighted by Gasteiger charge is 2.19. The van der Waals surface area contributed by atoms with Crippen LogP contribution in [0, 0.1) is 13.8 Å². The molecule has 0 unspecified atom stereocenters. The number of hydrogen-bond acceptors (Lipinski definition) is 3. The Morgan fingerprint density at radius 3 is 2.48 bits per heavy atom. The zero-order valence-corrected chi connectivity index (χ0v) is 16.1. The third kappa shape index (κ3) is 2.72. The molecule has 3 rings (SSSR count). The van der Waals surface area contributed by atoms with Crippen LogP contribution in [0.3, 0.4) is 0 Å². The summed E-state index contributed by atoms with van der Waals surface area (Å²) >= 11 is 6.44. The molecule has 0 amide bonds. The van der Waals surface area contributed by atoms with Crippen molar-refractivity contribution in [2.24, 2.45) is 7.05 Å². The van der Waals surface area contributed by atoms with E-state index in [2.05, 4.69) is 13.8 Å². The van der Waals surface area contributed by atoms with Gasteiger partial charge in [-0.2, -0.15) is 0 Å². The van der Waals surface area contributed by atoms with Crippen LogP contribution in [0.4, 0.5) is 0 Å². The molecule has 0 aliphatic rings. The maximum atomic E-state index is 13.0. The van der Waals surface area contributed by atoms with Crippen molar-refractivity contribution in [1.82, 2.24) is 14.2 Å². The summed E-state index contributed by atoms with van der Waals surface area (Å²) < 4.78 is 8.60. The number of benzene rings is 1. The maximum absolute atomic E-state index is 13.0. The molecule has 0 spiro atoms. The molecule has 3 aromatic rings. The summed E-state index contributed by atoms with van der Waals surface area (Å²) in [5.41, 5.74) is 4.13. The number of nitrogens with zero attached hydrogens (tertiary/aromatic N) is 3. The number of fused-ring (bicyclic) bond motifs is 1. The first-order valence-electron chi connectivity index (χ1n) is 8.20. The average molecular weight is 360 g/mol. The molecular weight excluding hydrogens is 338 g/mol. The first-order chi connectivity index (χ1) is 11.8. The van der Waals surface area contributed by atoms with Gasteiger partial charge in [0.05, 0.1) is 12.1 Å². The van der Waals surface area contributed by atoms with Crippen LogP contribution < -0.4 is 10.3 Å². The van der Waals surface area contributed by atoms with E-state index in [0.29, 0.717) is 27.7 Å². The van der Waals surface area contributed by atoms with Gasteiger partial charge in [0.2, 0.25) is 0 Å². The quantitative estimate of drug-likeness (QED) is 0.707. The second kappa shape index (κ2) is 6.23. The van der Waals surface area contributed by atoms with Crippen molar-refractivity contribution in [1.29, 1.82) is 0 Å². The van der Waals surface area contributed by atoms with E-state index in [0.717, 1.165) is 16.8 Å². The van der Waals surface area contributed by atoms with E-state index >= 15 is 0 Å². The van der Waals surface area contributed by atoms with Crippen molar-refractivity contribution < 1.29 is 4.74 Å². The summed E-state index contributed by atoms with van der Waals surface area (Å²) in [6.45, 7) is 8.04. The molecule has 0 radical (unpaired) electrons. The second-order valence-corrected chi connectivity index (χ2v) is 7.05. The van der Waals surface area contributed by atoms with Gasteiger partial charge in [0.15, 0.2) is 5.82 Å². The Bertz CT molecular complexity index is 1030. The molecule has 0 atom stereocenters. The topological polar surface area (TPSA) is 48.5 Å². The fraction of sp³-hybridized carbons (Fsp3) is 0.368. The van der Waals surface area contributed by atoms with Crippen molar-refractivity contribution >= 4 is 17.1 Å². The van der Waals surface area contributed by atoms with Crippen LogP contribution in [-0.4, -0.2) is 21.3 Å². The molecule has 0 fully saturated rings. The first-order valence-corrected chi connectivity index (χ1v) is 8.57. The molecule has 5 nitrogen and oxygen atoms in total. The molecule has 0 aliphatic carbocycles. The Hall–Kier alpha value is -2.27. The summed E-state index contributed by atoms with van der Waals surface area (Å²) in [6.07, 6.45) is 0. The molecule has 0 saturated heterocycles. The number of methoxy groups -OCH3 is 1. The van der Waals surface area contributed by atoms with E-state index in [1.807, 2.05) is 26.0 Å². The Labute approximate surface area is 151 Å². The van der Waals surface area contributed by atoms with Crippen molar-refractivity contribution in [3.05, 3.63) is 50.4 Å². The standard InChI is InChI=1S/C19H22ClN3O2/c1-10(2)13-8-12(4)23-17(13)19(24)22(5)18(21-23)14-7-11(3)16(25-6)9-15(14)20/h7-10H,1-6H3. The Balaban J connectivity index is 2.36. The predicted molar refractivity (Wildman–Crippen MR) is 101 cm³/mol. The maximum Gasteiger partial charge on any atom is 0.278 e. The summed E-state index contributed by atoms with van der Waals surface area (Å²) in [6, 6.07) is 5.68. The average Bonchev–Trinajstić information content (AvgIpc) is 2.90. The summed E-state index contributed by atoms with van der Waals surface area (Å²) in [5.74, 6) is 1.48. The van der Waals surface area contributed by atoms with Crippen LogP contribution in [0.1, 0.15) is 36.6 Å². The van der Waals surface area contributed by atoms with Gasteiger partial charge in [-0.05, 0) is 49.1 Å². The summed E-state index contributed by atoms with van der Waals surface area (Å²) in [5, 5.41) is 5.22. The lowest BCUT2D eigenvalue weighted by Crippen LogP contribution is -2.24. The van der Waals surface area contributed by atoms with Crippen LogP contribution in [0.2, 0.25) is 5.02 Å². The van der Waals surface area contributed by atoms with Gasteiger partial charge in [0, 0.05) is 18.3 Å². The lowest BCUT2D eigenvalue weighted by atomic mass is 10.1. The Morgan fingerprint density at radius 2 is 1.88 bits per heavy atom. The van der Waals surface area contributed by atoms with Gasteiger partial charge in [0.25, 0.3) is 5.56 Å². The molecule has 0 aliphatic heterocycles. The molecule has 0 N–H and O–H groups in total. The van der Waals surface area contributed by atoms with Crippen LogP contribution in [0.15, 0.2) is 23.0 Å². The molecule has 1 aromatic carbocycles. The minimum absolute atomic E-state index is 0.0775. The van der Waals surface area contributed by atoms with E-state index < -0.39 is 0 Å². The molecule has 2 heterocycles. The minimum atomic E-state index is -0.0775. The number of rotatable bonds is 3. The highest BCUT2D eigenvalue weighted by atomic mass is 35.5. The number of halogens is 1. The molecule has 2 aromatic heterocycles. The number of aromatic nitrogens is 3. The fourth-order valence-corrected chi connectivity index (χ4v) is 3.38. The molecule has 25 heavy (non-hydrogen) atoms. The van der Waals surface area contributed by atoms with E-state index in [9.17, 15) is 4.79 Å². The Kier molecular flexibility index (Phi) is 4.37. The van der Waals surface area contributed by atoms with Gasteiger partial charge in [0.1, 0.15) is 11.3 Å². The molecule has 132 valence electrons. The highest BCUT2D eigenvalue weighted by Crippen LogP contribution is 2.33. The van der Waals surface area contributed by atoms with Crippen molar-refractivity contribution in [3.63, 3.8) is 0 Å². The lowest BCUT2D eigenvalue weighted by molar-refractivity contribution is 0.412. The smallest absolute Gasteiger partial charge is 0.278 e. The van der Waals surface area contributed by atoms with Crippen molar-refractivity contribution in [2.75, 3.05) is 7.11 Å². The van der Waals surface area contributed by atoms with E-state index in [4.69, 9.17) is 21.4 Å². The highest BCUT2D eigenvalue weighted by molar-refractivity contribution is 6.33. The van der Waals surface area contributed by atoms with Crippen LogP contribution in [0.5, 0.6) is 5.75 Å². The van der Waals surface area contributed by atoms with Crippen LogP contribution in [-0.2, 0) is 7.05 Å². The van der Waals surface area contributed by atoms with Gasteiger partial charge in [-0.1, -0.05) is 25.4 Å². The number of hydrogen-bond donors (Lipinski definition) is 0. The third-order valence-electron chi connectivity index (χ3n) is 4.55. The summed E-state index contributed by atoms with van der Waals surface area (Å²) in [7, 11) is 3.34. The van der Waals surface area contributed by atoms with Gasteiger partial charge >= 0.3 is 0 Å². The van der Waals surface area contributed by atoms with Crippen LogP contribution in [0.25, 0.3) is 16.9 Å². The number of ether oxygens (including phenoxy) is 1. The zero-order chi connectivity index (χ0) is 18.5. The normalized spacial score (nSPS) is 11.5. The predicted octanol–water partition coefficient (Wildman–Crippen LogP) is 4.10. The van der Waals surface area contributed by atoms with Crippen molar-refractivity contribution in [2.45, 2.75) is 33.6 Å². The first kappa shape index (κ1) is 17.5. The van der Waals surface area contributed by atoms with E-state index in [-0.39, 0.29) is 11.5 Å². The van der Waals surface area contributed by atoms with E-state index in [1.165, 1.54) is 0 Å². The van der Waals surface area contributed by atoms with Gasteiger partial charge in [-0.15, -0.1) is 5.10 Å². The van der Waals surface area contributed by atoms with Gasteiger partial charge < -0.3 is 4.74 Å². The lowest BCUT2D eigenvalue weighted by Gasteiger charge is -2.14. The van der Waals surface area contributed by atoms with Crippen LogP contribution >= 0.6 is 11.6 Å². The minimum Gasteiger partial charge on any atom is -0.496 e. The SMILES string of the molecule is COc1cc(Cl)c(-c2nn3c(C)cc(C(C)C)c3c(=O)n2C)cc1C. The van der Waals surface area contributed by atoms with Crippen molar-refractivity contribution in [3.8, 4) is 17.1 Å². The zero-order valence-electron chi connectivity index (χ0n) is 15.3. The molecule has 6 heteroatoms. The molecule has 0 bridgehead atoms. The monoisotopic (exact) mass is 359 g/mol. The number of aryl methyl sites for hydroxylation is 2. The summed E-state index contributed by atoms with van der Waals surface area (Å²) in [4.78, 5) is 13.0. The fourth-order valence-electron chi connectivity index (χ4n) is 3.14.